The Balaban J connectivity index is 1.99. The lowest BCUT2D eigenvalue weighted by molar-refractivity contribution is -0.151. The molecule has 1 aliphatic heterocycles. The molecule has 2 rings (SSSR count). The zero-order valence-corrected chi connectivity index (χ0v) is 13.9. The van der Waals surface area contributed by atoms with Gasteiger partial charge in [0.1, 0.15) is 12.1 Å². The van der Waals surface area contributed by atoms with Gasteiger partial charge in [-0.05, 0) is 37.0 Å². The van der Waals surface area contributed by atoms with E-state index in [1.807, 2.05) is 18.7 Å². The third-order valence-electron chi connectivity index (χ3n) is 4.61. The van der Waals surface area contributed by atoms with Gasteiger partial charge in [-0.25, -0.2) is 0 Å². The van der Waals surface area contributed by atoms with Gasteiger partial charge in [0, 0.05) is 6.54 Å². The Morgan fingerprint density at radius 1 is 1.14 bits per heavy atom. The molecule has 0 aromatic carbocycles. The van der Waals surface area contributed by atoms with Crippen LogP contribution in [-0.2, 0) is 9.59 Å². The summed E-state index contributed by atoms with van der Waals surface area (Å²) in [5.41, 5.74) is 0. The predicted octanol–water partition coefficient (Wildman–Crippen LogP) is 2.57. The molecule has 0 aromatic rings. The van der Waals surface area contributed by atoms with Gasteiger partial charge in [-0.3, -0.25) is 9.59 Å². The normalized spacial score (nSPS) is 26.7. The Kier molecular flexibility index (Phi) is 5.28. The molecule has 21 heavy (non-hydrogen) atoms. The molecule has 2 atom stereocenters. The summed E-state index contributed by atoms with van der Waals surface area (Å²) in [5.74, 6) is 1.45. The number of unbranched alkanes of at least 4 members (excludes halogenated alkanes) is 1. The maximum Gasteiger partial charge on any atom is 0.246 e. The molecule has 2 unspecified atom stereocenters. The molecule has 0 bridgehead atoms. The van der Waals surface area contributed by atoms with Gasteiger partial charge in [0.2, 0.25) is 11.8 Å². The van der Waals surface area contributed by atoms with Crippen LogP contribution in [0.5, 0.6) is 0 Å². The fourth-order valence-corrected chi connectivity index (χ4v) is 3.25. The van der Waals surface area contributed by atoms with Crippen molar-refractivity contribution in [2.45, 2.75) is 71.9 Å². The maximum absolute atomic E-state index is 12.7. The first kappa shape index (κ1) is 16.3. The number of nitrogens with one attached hydrogen (secondary N) is 1. The lowest BCUT2D eigenvalue weighted by Gasteiger charge is -2.41. The van der Waals surface area contributed by atoms with Gasteiger partial charge in [0.05, 0.1) is 0 Å². The van der Waals surface area contributed by atoms with E-state index in [1.165, 1.54) is 6.42 Å². The van der Waals surface area contributed by atoms with Crippen molar-refractivity contribution in [3.05, 3.63) is 0 Å². The molecule has 1 aliphatic carbocycles. The van der Waals surface area contributed by atoms with Crippen molar-refractivity contribution in [3.63, 3.8) is 0 Å². The average Bonchev–Trinajstić information content (AvgIpc) is 3.21. The summed E-state index contributed by atoms with van der Waals surface area (Å²) in [5, 5.41) is 2.97. The highest BCUT2D eigenvalue weighted by molar-refractivity contribution is 5.97. The van der Waals surface area contributed by atoms with E-state index in [0.29, 0.717) is 11.8 Å². The van der Waals surface area contributed by atoms with Crippen molar-refractivity contribution < 1.29 is 9.59 Å². The molecule has 1 saturated heterocycles. The minimum Gasteiger partial charge on any atom is -0.342 e. The zero-order valence-electron chi connectivity index (χ0n) is 13.9. The molecule has 1 N–H and O–H groups in total. The van der Waals surface area contributed by atoms with E-state index in [-0.39, 0.29) is 29.8 Å². The summed E-state index contributed by atoms with van der Waals surface area (Å²) in [6.07, 6.45) is 5.46. The highest BCUT2D eigenvalue weighted by atomic mass is 16.2. The molecule has 2 aliphatic rings. The summed E-state index contributed by atoms with van der Waals surface area (Å²) >= 11 is 0. The van der Waals surface area contributed by atoms with Crippen LogP contribution >= 0.6 is 0 Å². The Labute approximate surface area is 128 Å². The summed E-state index contributed by atoms with van der Waals surface area (Å²) in [6, 6.07) is -0.538. The van der Waals surface area contributed by atoms with E-state index in [1.54, 1.807) is 0 Å². The van der Waals surface area contributed by atoms with E-state index in [4.69, 9.17) is 0 Å². The molecule has 2 amide bonds. The predicted molar refractivity (Wildman–Crippen MR) is 83.7 cm³/mol. The van der Waals surface area contributed by atoms with Gasteiger partial charge in [0.15, 0.2) is 0 Å². The third kappa shape index (κ3) is 3.98. The lowest BCUT2D eigenvalue weighted by atomic mass is 9.95. The van der Waals surface area contributed by atoms with Crippen LogP contribution in [0.3, 0.4) is 0 Å². The Morgan fingerprint density at radius 2 is 1.81 bits per heavy atom. The van der Waals surface area contributed by atoms with Crippen LogP contribution in [0.2, 0.25) is 0 Å². The number of amides is 2. The van der Waals surface area contributed by atoms with Crippen LogP contribution in [-0.4, -0.2) is 35.3 Å². The van der Waals surface area contributed by atoms with E-state index in [2.05, 4.69) is 19.2 Å². The number of hydrogen-bond donors (Lipinski definition) is 1. The summed E-state index contributed by atoms with van der Waals surface area (Å²) in [6.45, 7) is 9.22. The van der Waals surface area contributed by atoms with Gasteiger partial charge >= 0.3 is 0 Å². The average molecular weight is 294 g/mol. The third-order valence-corrected chi connectivity index (χ3v) is 4.61. The van der Waals surface area contributed by atoms with Gasteiger partial charge in [-0.2, -0.15) is 0 Å². The maximum atomic E-state index is 12.7. The van der Waals surface area contributed by atoms with Crippen LogP contribution < -0.4 is 5.32 Å². The van der Waals surface area contributed by atoms with E-state index in [0.717, 1.165) is 32.2 Å². The molecule has 2 fully saturated rings. The fraction of sp³-hybridized carbons (Fsp3) is 0.882. The number of carbonyl (C=O) groups is 2. The van der Waals surface area contributed by atoms with Crippen molar-refractivity contribution in [1.29, 1.82) is 0 Å². The van der Waals surface area contributed by atoms with Crippen LogP contribution in [0.1, 0.15) is 59.8 Å². The van der Waals surface area contributed by atoms with E-state index >= 15 is 0 Å². The van der Waals surface area contributed by atoms with Crippen molar-refractivity contribution in [2.24, 2.45) is 17.8 Å². The van der Waals surface area contributed by atoms with Crippen LogP contribution in [0.4, 0.5) is 0 Å². The molecule has 0 spiro atoms. The molecule has 1 saturated carbocycles. The zero-order chi connectivity index (χ0) is 15.6. The minimum atomic E-state index is -0.286. The fourth-order valence-electron chi connectivity index (χ4n) is 3.25. The van der Waals surface area contributed by atoms with Crippen LogP contribution in [0, 0.1) is 17.8 Å². The number of rotatable bonds is 7. The SMILES string of the molecule is CC(C)CCCCN1C(=O)C(C2CC2)NC(=O)C1C(C)C. The second-order valence-corrected chi connectivity index (χ2v) is 7.43. The topological polar surface area (TPSA) is 49.4 Å². The number of carbonyl (C=O) groups excluding carboxylic acids is 2. The first-order valence-corrected chi connectivity index (χ1v) is 8.52. The van der Waals surface area contributed by atoms with E-state index in [9.17, 15) is 9.59 Å². The highest BCUT2D eigenvalue weighted by Crippen LogP contribution is 2.35. The molecule has 4 nitrogen and oxygen atoms in total. The summed E-state index contributed by atoms with van der Waals surface area (Å²) < 4.78 is 0. The lowest BCUT2D eigenvalue weighted by Crippen LogP contribution is -2.65. The quantitative estimate of drug-likeness (QED) is 0.734. The number of piperazine rings is 1. The van der Waals surface area contributed by atoms with Crippen molar-refractivity contribution in [3.8, 4) is 0 Å². The Hall–Kier alpha value is -1.06. The smallest absolute Gasteiger partial charge is 0.246 e. The molecule has 0 aromatic heterocycles. The number of nitrogens with zero attached hydrogens (tertiary/aromatic N) is 1. The minimum absolute atomic E-state index is 0.0466. The van der Waals surface area contributed by atoms with Gasteiger partial charge in [-0.15, -0.1) is 0 Å². The Bertz CT molecular complexity index is 388. The standard InChI is InChI=1S/C17H30N2O2/c1-11(2)7-5-6-10-19-15(12(3)4)16(20)18-14(17(19)21)13-8-9-13/h11-15H,5-10H2,1-4H3,(H,18,20). The molecular weight excluding hydrogens is 264 g/mol. The molecular formula is C17H30N2O2. The van der Waals surface area contributed by atoms with E-state index < -0.39 is 0 Å². The second kappa shape index (κ2) is 6.80. The summed E-state index contributed by atoms with van der Waals surface area (Å²) in [7, 11) is 0. The second-order valence-electron chi connectivity index (χ2n) is 7.43. The van der Waals surface area contributed by atoms with Crippen molar-refractivity contribution in [1.82, 2.24) is 10.2 Å². The monoisotopic (exact) mass is 294 g/mol. The first-order chi connectivity index (χ1) is 9.91. The van der Waals surface area contributed by atoms with Gasteiger partial charge < -0.3 is 10.2 Å². The van der Waals surface area contributed by atoms with Crippen LogP contribution in [0.15, 0.2) is 0 Å². The first-order valence-electron chi connectivity index (χ1n) is 8.52. The van der Waals surface area contributed by atoms with Gasteiger partial charge in [0.25, 0.3) is 0 Å². The van der Waals surface area contributed by atoms with Crippen LogP contribution in [0.25, 0.3) is 0 Å². The number of hydrogen-bond acceptors (Lipinski definition) is 2. The summed E-state index contributed by atoms with van der Waals surface area (Å²) in [4.78, 5) is 26.9. The largest absolute Gasteiger partial charge is 0.342 e. The van der Waals surface area contributed by atoms with Crippen molar-refractivity contribution in [2.75, 3.05) is 6.54 Å². The van der Waals surface area contributed by atoms with Gasteiger partial charge in [-0.1, -0.05) is 40.5 Å². The molecule has 4 heteroatoms. The Morgan fingerprint density at radius 3 is 2.33 bits per heavy atom. The van der Waals surface area contributed by atoms with Crippen molar-refractivity contribution >= 4 is 11.8 Å². The molecule has 1 heterocycles. The molecule has 120 valence electrons. The molecule has 0 radical (unpaired) electrons. The highest BCUT2D eigenvalue weighted by Gasteiger charge is 2.47.